The molecule has 162 valence electrons. The first-order chi connectivity index (χ1) is 14.2. The summed E-state index contributed by atoms with van der Waals surface area (Å²) in [5, 5.41) is 9.13. The molecule has 1 N–H and O–H groups in total. The van der Waals surface area contributed by atoms with Crippen molar-refractivity contribution >= 4 is 5.91 Å². The van der Waals surface area contributed by atoms with E-state index in [0.717, 1.165) is 45.7 Å². The van der Waals surface area contributed by atoms with E-state index in [9.17, 15) is 4.79 Å². The highest BCUT2D eigenvalue weighted by Gasteiger charge is 2.48. The van der Waals surface area contributed by atoms with Gasteiger partial charge >= 0.3 is 0 Å². The maximum Gasteiger partial charge on any atom is 0.289 e. The van der Waals surface area contributed by atoms with Crippen LogP contribution in [0, 0.1) is 5.41 Å². The Morgan fingerprint density at radius 1 is 1.00 bits per heavy atom. The Morgan fingerprint density at radius 2 is 1.76 bits per heavy atom. The van der Waals surface area contributed by atoms with E-state index in [1.54, 1.807) is 12.1 Å². The highest BCUT2D eigenvalue weighted by atomic mass is 16.5. The van der Waals surface area contributed by atoms with Gasteiger partial charge in [0.2, 0.25) is 0 Å². The lowest BCUT2D eigenvalue weighted by atomic mass is 9.60. The molecule has 0 unspecified atom stereocenters. The van der Waals surface area contributed by atoms with Crippen LogP contribution >= 0.6 is 0 Å². The van der Waals surface area contributed by atoms with Crippen LogP contribution < -0.4 is 0 Å². The molecule has 3 heterocycles. The van der Waals surface area contributed by atoms with E-state index >= 15 is 0 Å². The molecule has 6 nitrogen and oxygen atoms in total. The summed E-state index contributed by atoms with van der Waals surface area (Å²) in [5.74, 6) is 0.753. The molecular weight excluding hydrogens is 368 g/mol. The molecule has 3 aliphatic rings. The van der Waals surface area contributed by atoms with E-state index in [-0.39, 0.29) is 12.5 Å². The van der Waals surface area contributed by atoms with Crippen molar-refractivity contribution in [1.29, 1.82) is 0 Å². The molecule has 1 saturated carbocycles. The molecule has 1 aromatic heterocycles. The molecule has 2 aliphatic heterocycles. The molecule has 2 saturated heterocycles. The zero-order chi connectivity index (χ0) is 20.1. The Bertz CT molecular complexity index is 646. The number of likely N-dealkylation sites (tertiary alicyclic amines) is 1. The van der Waals surface area contributed by atoms with Crippen LogP contribution in [0.5, 0.6) is 0 Å². The Labute approximate surface area is 174 Å². The zero-order valence-electron chi connectivity index (χ0n) is 17.6. The predicted octanol–water partition coefficient (Wildman–Crippen LogP) is 3.44. The van der Waals surface area contributed by atoms with Crippen LogP contribution in [-0.4, -0.2) is 66.2 Å². The molecule has 29 heavy (non-hydrogen) atoms. The zero-order valence-corrected chi connectivity index (χ0v) is 17.6. The van der Waals surface area contributed by atoms with E-state index in [1.165, 1.54) is 51.5 Å². The third-order valence-corrected chi connectivity index (χ3v) is 7.25. The Kier molecular flexibility index (Phi) is 6.93. The minimum atomic E-state index is -0.167. The molecule has 6 heteroatoms. The molecular formula is C23H36N2O4. The predicted molar refractivity (Wildman–Crippen MR) is 111 cm³/mol. The summed E-state index contributed by atoms with van der Waals surface area (Å²) in [6.45, 7) is 5.51. The minimum absolute atomic E-state index is 0.0419. The van der Waals surface area contributed by atoms with Gasteiger partial charge in [-0.3, -0.25) is 9.69 Å². The monoisotopic (exact) mass is 404 g/mol. The molecule has 0 bridgehead atoms. The fraction of sp³-hybridized carbons (Fsp3) is 0.783. The number of hydrogen-bond donors (Lipinski definition) is 1. The van der Waals surface area contributed by atoms with Crippen LogP contribution in [0.1, 0.15) is 74.1 Å². The molecule has 0 radical (unpaired) electrons. The lowest BCUT2D eigenvalue weighted by molar-refractivity contribution is -0.0461. The Balaban J connectivity index is 1.25. The molecule has 4 rings (SSSR count). The molecule has 1 amide bonds. The van der Waals surface area contributed by atoms with Crippen LogP contribution in [0.15, 0.2) is 16.5 Å². The lowest BCUT2D eigenvalue weighted by Gasteiger charge is -2.55. The van der Waals surface area contributed by atoms with Crippen molar-refractivity contribution in [3.63, 3.8) is 0 Å². The number of ether oxygens (including phenoxy) is 1. The summed E-state index contributed by atoms with van der Waals surface area (Å²) >= 11 is 0. The largest absolute Gasteiger partial charge is 0.453 e. The highest BCUT2D eigenvalue weighted by Crippen LogP contribution is 2.51. The van der Waals surface area contributed by atoms with Gasteiger partial charge in [-0.05, 0) is 62.6 Å². The van der Waals surface area contributed by atoms with Gasteiger partial charge in [-0.2, -0.15) is 0 Å². The number of aliphatic hydroxyl groups excluding tert-OH is 1. The van der Waals surface area contributed by atoms with Crippen molar-refractivity contribution in [2.75, 3.05) is 39.4 Å². The maximum atomic E-state index is 12.6. The van der Waals surface area contributed by atoms with Crippen molar-refractivity contribution in [2.45, 2.75) is 70.4 Å². The number of piperidine rings is 1. The summed E-state index contributed by atoms with van der Waals surface area (Å²) in [6.07, 6.45) is 11.2. The third kappa shape index (κ3) is 5.04. The van der Waals surface area contributed by atoms with Crippen molar-refractivity contribution in [2.24, 2.45) is 5.41 Å². The molecule has 1 aliphatic carbocycles. The number of hydrogen-bond acceptors (Lipinski definition) is 5. The van der Waals surface area contributed by atoms with Crippen LogP contribution in [0.4, 0.5) is 0 Å². The molecule has 1 aromatic rings. The molecule has 0 atom stereocenters. The van der Waals surface area contributed by atoms with Crippen molar-refractivity contribution in [3.8, 4) is 0 Å². The van der Waals surface area contributed by atoms with E-state index in [1.807, 2.05) is 4.90 Å². The molecule has 3 fully saturated rings. The van der Waals surface area contributed by atoms with Gasteiger partial charge in [-0.1, -0.05) is 19.3 Å². The van der Waals surface area contributed by atoms with Crippen LogP contribution in [-0.2, 0) is 11.3 Å². The normalized spacial score (nSPS) is 24.8. The number of carbonyl (C=O) groups is 1. The molecule has 1 spiro atoms. The maximum absolute atomic E-state index is 12.6. The number of nitrogens with zero attached hydrogens (tertiary/aromatic N) is 2. The topological polar surface area (TPSA) is 66.2 Å². The first-order valence-corrected chi connectivity index (χ1v) is 11.5. The summed E-state index contributed by atoms with van der Waals surface area (Å²) in [6, 6.07) is 4.04. The SMILES string of the molecule is O=C(c1ccc(CO)o1)N1CCC2(CC1)CC(N1CCCCCCCOCC1)C2. The Hall–Kier alpha value is -1.37. The van der Waals surface area contributed by atoms with Crippen LogP contribution in [0.25, 0.3) is 0 Å². The Morgan fingerprint density at radius 3 is 2.52 bits per heavy atom. The van der Waals surface area contributed by atoms with Gasteiger partial charge in [-0.15, -0.1) is 0 Å². The second kappa shape index (κ2) is 9.63. The first-order valence-electron chi connectivity index (χ1n) is 11.5. The second-order valence-electron chi connectivity index (χ2n) is 9.19. The fourth-order valence-corrected chi connectivity index (χ4v) is 5.33. The summed E-state index contributed by atoms with van der Waals surface area (Å²) < 4.78 is 11.3. The fourth-order valence-electron chi connectivity index (χ4n) is 5.33. The van der Waals surface area contributed by atoms with Crippen LogP contribution in [0.3, 0.4) is 0 Å². The van der Waals surface area contributed by atoms with E-state index in [0.29, 0.717) is 23.0 Å². The summed E-state index contributed by atoms with van der Waals surface area (Å²) in [7, 11) is 0. The molecule has 0 aromatic carbocycles. The minimum Gasteiger partial charge on any atom is -0.453 e. The van der Waals surface area contributed by atoms with E-state index in [2.05, 4.69) is 4.90 Å². The van der Waals surface area contributed by atoms with Gasteiger partial charge in [-0.25, -0.2) is 0 Å². The van der Waals surface area contributed by atoms with Gasteiger partial charge in [0.1, 0.15) is 12.4 Å². The average Bonchev–Trinajstić information content (AvgIpc) is 3.18. The summed E-state index contributed by atoms with van der Waals surface area (Å²) in [4.78, 5) is 17.2. The van der Waals surface area contributed by atoms with Gasteiger partial charge in [0, 0.05) is 32.3 Å². The number of carbonyl (C=O) groups excluding carboxylic acids is 1. The number of amides is 1. The van der Waals surface area contributed by atoms with Gasteiger partial charge < -0.3 is 19.2 Å². The first kappa shape index (κ1) is 20.9. The summed E-state index contributed by atoms with van der Waals surface area (Å²) in [5.41, 5.74) is 0.425. The average molecular weight is 405 g/mol. The van der Waals surface area contributed by atoms with Crippen molar-refractivity contribution in [1.82, 2.24) is 9.80 Å². The second-order valence-corrected chi connectivity index (χ2v) is 9.19. The van der Waals surface area contributed by atoms with E-state index in [4.69, 9.17) is 14.3 Å². The van der Waals surface area contributed by atoms with Crippen LogP contribution in [0.2, 0.25) is 0 Å². The van der Waals surface area contributed by atoms with Gasteiger partial charge in [0.25, 0.3) is 5.91 Å². The van der Waals surface area contributed by atoms with Crippen molar-refractivity contribution < 1.29 is 19.1 Å². The van der Waals surface area contributed by atoms with Crippen molar-refractivity contribution in [3.05, 3.63) is 23.7 Å². The third-order valence-electron chi connectivity index (χ3n) is 7.25. The quantitative estimate of drug-likeness (QED) is 0.836. The van der Waals surface area contributed by atoms with Gasteiger partial charge in [0.05, 0.1) is 6.61 Å². The number of rotatable bonds is 3. The number of furan rings is 1. The number of aliphatic hydroxyl groups is 1. The lowest BCUT2D eigenvalue weighted by Crippen LogP contribution is -2.56. The highest BCUT2D eigenvalue weighted by molar-refractivity contribution is 5.91. The standard InChI is InChI=1S/C23H36N2O4/c26-18-20-6-7-21(29-20)22(27)25-11-8-23(9-12-25)16-19(17-23)24-10-4-2-1-3-5-14-28-15-13-24/h6-7,19,26H,1-5,8-18H2. The van der Waals surface area contributed by atoms with Gasteiger partial charge in [0.15, 0.2) is 5.76 Å². The van der Waals surface area contributed by atoms with E-state index < -0.39 is 0 Å². The smallest absolute Gasteiger partial charge is 0.289 e.